The second-order valence-corrected chi connectivity index (χ2v) is 11.2. The topological polar surface area (TPSA) is 133 Å². The fourth-order valence-electron chi connectivity index (χ4n) is 5.62. The van der Waals surface area contributed by atoms with Crippen LogP contribution < -0.4 is 25.8 Å². The lowest BCUT2D eigenvalue weighted by Gasteiger charge is -2.42. The third kappa shape index (κ3) is 4.67. The molecule has 2 aliphatic heterocycles. The van der Waals surface area contributed by atoms with Crippen LogP contribution in [-0.4, -0.2) is 64.0 Å². The van der Waals surface area contributed by atoms with Crippen LogP contribution in [0.25, 0.3) is 11.1 Å². The second kappa shape index (κ2) is 10.3. The molecule has 0 spiro atoms. The minimum absolute atomic E-state index is 0.0175. The number of pyridine rings is 1. The lowest BCUT2D eigenvalue weighted by atomic mass is 9.97. The van der Waals surface area contributed by atoms with E-state index in [0.29, 0.717) is 23.2 Å². The van der Waals surface area contributed by atoms with Crippen molar-refractivity contribution < 1.29 is 9.59 Å². The van der Waals surface area contributed by atoms with Gasteiger partial charge in [0.05, 0.1) is 41.5 Å². The summed E-state index contributed by atoms with van der Waals surface area (Å²) in [5, 5.41) is 22.4. The Morgan fingerprint density at radius 3 is 2.64 bits per heavy atom. The Hall–Kier alpha value is -4.71. The predicted molar refractivity (Wildman–Crippen MR) is 160 cm³/mol. The van der Waals surface area contributed by atoms with E-state index in [1.54, 1.807) is 19.3 Å². The van der Waals surface area contributed by atoms with Gasteiger partial charge < -0.3 is 25.8 Å². The summed E-state index contributed by atoms with van der Waals surface area (Å²) in [5.74, 6) is -0.143. The van der Waals surface area contributed by atoms with E-state index in [1.807, 2.05) is 37.5 Å². The first kappa shape index (κ1) is 26.2. The number of carbonyl (C=O) groups is 2. The van der Waals surface area contributed by atoms with Crippen LogP contribution in [0.5, 0.6) is 0 Å². The van der Waals surface area contributed by atoms with Gasteiger partial charge in [-0.15, -0.1) is 10.2 Å². The number of nitrogens with zero attached hydrogens (tertiary/aromatic N) is 7. The molecule has 1 aromatic carbocycles. The van der Waals surface area contributed by atoms with Crippen LogP contribution in [-0.2, 0) is 11.3 Å². The number of hydrogen-bond acceptors (Lipinski definition) is 9. The molecule has 2 fully saturated rings. The van der Waals surface area contributed by atoms with Gasteiger partial charge in [-0.2, -0.15) is 5.10 Å². The molecule has 4 aromatic rings. The third-order valence-electron chi connectivity index (χ3n) is 7.98. The summed E-state index contributed by atoms with van der Waals surface area (Å²) in [4.78, 5) is 33.5. The largest absolute Gasteiger partial charge is 0.367 e. The maximum Gasteiger partial charge on any atom is 0.273 e. The summed E-state index contributed by atoms with van der Waals surface area (Å²) in [6.45, 7) is 2.34. The van der Waals surface area contributed by atoms with Gasteiger partial charge in [-0.25, -0.2) is 4.98 Å². The SMILES string of the molecule is CNC(=O)c1nnc(NC(=O)C2CC2)cc1Nc1cccc2c1N(C)Cc1c-2cnn1C1CN(c2ccnc(Cl)c2)C1. The molecule has 1 aliphatic carbocycles. The van der Waals surface area contributed by atoms with E-state index in [4.69, 9.17) is 16.7 Å². The highest BCUT2D eigenvalue weighted by molar-refractivity contribution is 6.29. The lowest BCUT2D eigenvalue weighted by molar-refractivity contribution is -0.117. The Morgan fingerprint density at radius 1 is 1.05 bits per heavy atom. The maximum absolute atomic E-state index is 12.6. The van der Waals surface area contributed by atoms with Gasteiger partial charge >= 0.3 is 0 Å². The molecule has 2 amide bonds. The van der Waals surface area contributed by atoms with Crippen molar-refractivity contribution in [1.29, 1.82) is 0 Å². The first-order chi connectivity index (χ1) is 20.4. The normalized spacial score (nSPS) is 15.9. The van der Waals surface area contributed by atoms with Gasteiger partial charge in [0.2, 0.25) is 5.91 Å². The third-order valence-corrected chi connectivity index (χ3v) is 8.19. The predicted octanol–water partition coefficient (Wildman–Crippen LogP) is 3.85. The standard InChI is InChI=1S/C29H29ClN10O2/c1-31-29(42)26-22(11-25(36-37-26)35-28(41)16-6-7-16)34-21-5-3-4-19-20-12-33-40(23(20)15-38(2)27(19)21)18-13-39(14-18)17-8-9-32-24(30)10-17/h3-5,8-12,16,18H,6-7,13-15H2,1-2H3,(H,31,42)(H2,34,35,36,41). The molecule has 0 radical (unpaired) electrons. The van der Waals surface area contributed by atoms with E-state index in [9.17, 15) is 9.59 Å². The van der Waals surface area contributed by atoms with E-state index < -0.39 is 0 Å². The van der Waals surface area contributed by atoms with Crippen molar-refractivity contribution in [2.45, 2.75) is 25.4 Å². The number of nitrogens with one attached hydrogen (secondary N) is 3. The summed E-state index contributed by atoms with van der Waals surface area (Å²) in [5.41, 5.74) is 6.70. The van der Waals surface area contributed by atoms with Crippen LogP contribution >= 0.6 is 11.6 Å². The minimum atomic E-state index is -0.379. The Bertz CT molecular complexity index is 1710. The quantitative estimate of drug-likeness (QED) is 0.277. The van der Waals surface area contributed by atoms with Crippen LogP contribution in [0.1, 0.15) is 35.1 Å². The summed E-state index contributed by atoms with van der Waals surface area (Å²) >= 11 is 6.09. The van der Waals surface area contributed by atoms with E-state index in [1.165, 1.54) is 0 Å². The number of fused-ring (bicyclic) bond motifs is 3. The summed E-state index contributed by atoms with van der Waals surface area (Å²) < 4.78 is 2.14. The fraction of sp³-hybridized carbons (Fsp3) is 0.310. The van der Waals surface area contributed by atoms with E-state index >= 15 is 0 Å². The highest BCUT2D eigenvalue weighted by Gasteiger charge is 2.34. The van der Waals surface area contributed by atoms with Crippen LogP contribution in [0.4, 0.5) is 28.6 Å². The van der Waals surface area contributed by atoms with Crippen LogP contribution in [0.15, 0.2) is 48.8 Å². The average molecular weight is 585 g/mol. The zero-order valence-electron chi connectivity index (χ0n) is 23.1. The molecular weight excluding hydrogens is 556 g/mol. The smallest absolute Gasteiger partial charge is 0.273 e. The number of aromatic nitrogens is 5. The Balaban J connectivity index is 1.17. The molecular formula is C29H29ClN10O2. The molecule has 3 aliphatic rings. The average Bonchev–Trinajstić information content (AvgIpc) is 3.73. The van der Waals surface area contributed by atoms with Crippen molar-refractivity contribution in [2.24, 2.45) is 5.92 Å². The summed E-state index contributed by atoms with van der Waals surface area (Å²) in [7, 11) is 3.59. The van der Waals surface area contributed by atoms with Crippen molar-refractivity contribution in [2.75, 3.05) is 47.6 Å². The second-order valence-electron chi connectivity index (χ2n) is 10.9. The van der Waals surface area contributed by atoms with Gasteiger partial charge in [-0.05, 0) is 31.0 Å². The Morgan fingerprint density at radius 2 is 1.88 bits per heavy atom. The molecule has 0 unspecified atom stereocenters. The number of anilines is 5. The zero-order valence-corrected chi connectivity index (χ0v) is 23.9. The van der Waals surface area contributed by atoms with Crippen LogP contribution in [0, 0.1) is 5.92 Å². The van der Waals surface area contributed by atoms with Gasteiger partial charge in [-0.1, -0.05) is 23.7 Å². The molecule has 0 atom stereocenters. The molecule has 3 aromatic heterocycles. The molecule has 42 heavy (non-hydrogen) atoms. The number of carbonyl (C=O) groups excluding carboxylic acids is 2. The molecule has 0 bridgehead atoms. The maximum atomic E-state index is 12.6. The van der Waals surface area contributed by atoms with E-state index in [-0.39, 0.29) is 29.5 Å². The number of halogens is 1. The number of benzene rings is 1. The van der Waals surface area contributed by atoms with Gasteiger partial charge in [0.25, 0.3) is 5.91 Å². The summed E-state index contributed by atoms with van der Waals surface area (Å²) in [6.07, 6.45) is 5.41. The van der Waals surface area contributed by atoms with Gasteiger partial charge in [0.15, 0.2) is 11.5 Å². The Kier molecular flexibility index (Phi) is 6.42. The van der Waals surface area contributed by atoms with E-state index in [2.05, 4.69) is 51.7 Å². The molecule has 5 heterocycles. The molecule has 13 heteroatoms. The first-order valence-corrected chi connectivity index (χ1v) is 14.2. The Labute approximate surface area is 247 Å². The molecule has 7 rings (SSSR count). The number of hydrogen-bond donors (Lipinski definition) is 3. The fourth-order valence-corrected chi connectivity index (χ4v) is 5.79. The minimum Gasteiger partial charge on any atom is -0.367 e. The van der Waals surface area contributed by atoms with Gasteiger partial charge in [-0.3, -0.25) is 14.3 Å². The zero-order chi connectivity index (χ0) is 29.0. The molecule has 1 saturated heterocycles. The molecule has 3 N–H and O–H groups in total. The number of rotatable bonds is 7. The molecule has 12 nitrogen and oxygen atoms in total. The van der Waals surface area contributed by atoms with Gasteiger partial charge in [0, 0.05) is 62.2 Å². The number of amides is 2. The summed E-state index contributed by atoms with van der Waals surface area (Å²) in [6, 6.07) is 11.8. The number of para-hydroxylation sites is 1. The van der Waals surface area contributed by atoms with Crippen molar-refractivity contribution in [3.63, 3.8) is 0 Å². The van der Waals surface area contributed by atoms with Crippen molar-refractivity contribution in [1.82, 2.24) is 30.3 Å². The molecule has 214 valence electrons. The lowest BCUT2D eigenvalue weighted by Crippen LogP contribution is -2.49. The van der Waals surface area contributed by atoms with Crippen molar-refractivity contribution >= 4 is 52.0 Å². The first-order valence-electron chi connectivity index (χ1n) is 13.8. The highest BCUT2D eigenvalue weighted by atomic mass is 35.5. The van der Waals surface area contributed by atoms with Crippen molar-refractivity contribution in [3.05, 3.63) is 65.3 Å². The molecule has 1 saturated carbocycles. The van der Waals surface area contributed by atoms with Crippen LogP contribution in [0.2, 0.25) is 5.15 Å². The van der Waals surface area contributed by atoms with Gasteiger partial charge in [0.1, 0.15) is 5.15 Å². The highest BCUT2D eigenvalue weighted by Crippen LogP contribution is 2.45. The van der Waals surface area contributed by atoms with Crippen LogP contribution in [0.3, 0.4) is 0 Å². The van der Waals surface area contributed by atoms with E-state index in [0.717, 1.165) is 59.8 Å². The van der Waals surface area contributed by atoms with Crippen molar-refractivity contribution in [3.8, 4) is 11.1 Å². The monoisotopic (exact) mass is 584 g/mol.